The number of ether oxygens (including phenoxy) is 1. The van der Waals surface area contributed by atoms with E-state index in [2.05, 4.69) is 21.2 Å². The Hall–Kier alpha value is -2.40. The molecule has 1 N–H and O–H groups in total. The van der Waals surface area contributed by atoms with Crippen LogP contribution in [-0.2, 0) is 14.3 Å². The zero-order valence-electron chi connectivity index (χ0n) is 14.4. The van der Waals surface area contributed by atoms with Gasteiger partial charge in [-0.05, 0) is 55.7 Å². The number of rotatable bonds is 5. The van der Waals surface area contributed by atoms with Crippen molar-refractivity contribution in [3.05, 3.63) is 69.2 Å². The van der Waals surface area contributed by atoms with Gasteiger partial charge >= 0.3 is 5.97 Å². The SMILES string of the molecule is Cc1cc(C)c(NC(=O)COC(=O)/C=C/c2ccc(Br)cc2)c(C)c1. The Morgan fingerprint density at radius 1 is 1.08 bits per heavy atom. The van der Waals surface area contributed by atoms with Gasteiger partial charge in [0.25, 0.3) is 5.91 Å². The first-order valence-corrected chi connectivity index (χ1v) is 8.62. The zero-order valence-corrected chi connectivity index (χ0v) is 16.0. The molecule has 0 aliphatic heterocycles. The zero-order chi connectivity index (χ0) is 18.4. The Balaban J connectivity index is 1.87. The largest absolute Gasteiger partial charge is 0.452 e. The van der Waals surface area contributed by atoms with Gasteiger partial charge < -0.3 is 10.1 Å². The lowest BCUT2D eigenvalue weighted by molar-refractivity contribution is -0.142. The van der Waals surface area contributed by atoms with Crippen LogP contribution in [0.3, 0.4) is 0 Å². The molecule has 130 valence electrons. The van der Waals surface area contributed by atoms with E-state index in [1.165, 1.54) is 6.08 Å². The fourth-order valence-corrected chi connectivity index (χ4v) is 2.74. The molecule has 2 aromatic rings. The number of halogens is 1. The summed E-state index contributed by atoms with van der Waals surface area (Å²) in [5, 5.41) is 2.80. The maximum absolute atomic E-state index is 12.0. The van der Waals surface area contributed by atoms with Crippen LogP contribution < -0.4 is 5.32 Å². The fourth-order valence-electron chi connectivity index (χ4n) is 2.48. The van der Waals surface area contributed by atoms with Gasteiger partial charge in [0.05, 0.1) is 0 Å². The lowest BCUT2D eigenvalue weighted by atomic mass is 10.1. The lowest BCUT2D eigenvalue weighted by Gasteiger charge is -2.12. The molecule has 0 unspecified atom stereocenters. The molecule has 25 heavy (non-hydrogen) atoms. The molecular weight excluding hydrogens is 382 g/mol. The molecule has 0 bridgehead atoms. The number of anilines is 1. The van der Waals surface area contributed by atoms with Gasteiger partial charge in [0.1, 0.15) is 0 Å². The van der Waals surface area contributed by atoms with Crippen molar-refractivity contribution in [2.75, 3.05) is 11.9 Å². The number of carbonyl (C=O) groups excluding carboxylic acids is 2. The van der Waals surface area contributed by atoms with Gasteiger partial charge in [-0.3, -0.25) is 4.79 Å². The topological polar surface area (TPSA) is 55.4 Å². The number of aryl methyl sites for hydroxylation is 3. The summed E-state index contributed by atoms with van der Waals surface area (Å²) in [6, 6.07) is 11.5. The molecule has 0 saturated heterocycles. The first-order valence-electron chi connectivity index (χ1n) is 7.83. The Kier molecular flexibility index (Phi) is 6.53. The monoisotopic (exact) mass is 401 g/mol. The van der Waals surface area contributed by atoms with Crippen molar-refractivity contribution in [2.24, 2.45) is 0 Å². The normalized spacial score (nSPS) is 10.7. The summed E-state index contributed by atoms with van der Waals surface area (Å²) in [5.41, 5.74) is 4.73. The summed E-state index contributed by atoms with van der Waals surface area (Å²) in [4.78, 5) is 23.7. The van der Waals surface area contributed by atoms with E-state index in [9.17, 15) is 9.59 Å². The summed E-state index contributed by atoms with van der Waals surface area (Å²) in [5.74, 6) is -0.920. The van der Waals surface area contributed by atoms with Crippen molar-refractivity contribution in [2.45, 2.75) is 20.8 Å². The van der Waals surface area contributed by atoms with Crippen molar-refractivity contribution in [3.8, 4) is 0 Å². The van der Waals surface area contributed by atoms with E-state index in [-0.39, 0.29) is 12.5 Å². The lowest BCUT2D eigenvalue weighted by Crippen LogP contribution is -2.21. The van der Waals surface area contributed by atoms with Crippen LogP contribution in [0.15, 0.2) is 46.9 Å². The van der Waals surface area contributed by atoms with Crippen LogP contribution in [0, 0.1) is 20.8 Å². The Labute approximate surface area is 156 Å². The van der Waals surface area contributed by atoms with Crippen LogP contribution in [-0.4, -0.2) is 18.5 Å². The molecule has 1 amide bonds. The van der Waals surface area contributed by atoms with E-state index in [0.717, 1.165) is 32.4 Å². The van der Waals surface area contributed by atoms with E-state index < -0.39 is 5.97 Å². The standard InChI is InChI=1S/C20H20BrNO3/c1-13-10-14(2)20(15(3)11-13)22-18(23)12-25-19(24)9-6-16-4-7-17(21)8-5-16/h4-11H,12H2,1-3H3,(H,22,23)/b9-6+. The van der Waals surface area contributed by atoms with Gasteiger partial charge in [-0.25, -0.2) is 4.79 Å². The van der Waals surface area contributed by atoms with Gasteiger partial charge in [0.2, 0.25) is 0 Å². The molecule has 5 heteroatoms. The molecule has 0 fully saturated rings. The molecule has 0 atom stereocenters. The van der Waals surface area contributed by atoms with E-state index >= 15 is 0 Å². The Bertz CT molecular complexity index is 787. The van der Waals surface area contributed by atoms with Crippen LogP contribution in [0.5, 0.6) is 0 Å². The van der Waals surface area contributed by atoms with Crippen LogP contribution in [0.1, 0.15) is 22.3 Å². The Morgan fingerprint density at radius 2 is 1.68 bits per heavy atom. The van der Waals surface area contributed by atoms with Crippen LogP contribution in [0.25, 0.3) is 6.08 Å². The maximum Gasteiger partial charge on any atom is 0.331 e. The highest BCUT2D eigenvalue weighted by molar-refractivity contribution is 9.10. The smallest absolute Gasteiger partial charge is 0.331 e. The molecular formula is C20H20BrNO3. The van der Waals surface area contributed by atoms with Crippen molar-refractivity contribution >= 4 is 39.6 Å². The molecule has 2 aromatic carbocycles. The van der Waals surface area contributed by atoms with Gasteiger partial charge in [-0.15, -0.1) is 0 Å². The van der Waals surface area contributed by atoms with Crippen molar-refractivity contribution in [1.82, 2.24) is 0 Å². The summed E-state index contributed by atoms with van der Waals surface area (Å²) >= 11 is 3.35. The van der Waals surface area contributed by atoms with Gasteiger partial charge in [-0.1, -0.05) is 45.8 Å². The predicted molar refractivity (Wildman–Crippen MR) is 103 cm³/mol. The first-order chi connectivity index (χ1) is 11.8. The van der Waals surface area contributed by atoms with Gasteiger partial charge in [0.15, 0.2) is 6.61 Å². The quantitative estimate of drug-likeness (QED) is 0.589. The molecule has 0 saturated carbocycles. The average molecular weight is 402 g/mol. The molecule has 0 radical (unpaired) electrons. The molecule has 0 aliphatic rings. The second-order valence-corrected chi connectivity index (χ2v) is 6.73. The second-order valence-electron chi connectivity index (χ2n) is 5.81. The molecule has 2 rings (SSSR count). The average Bonchev–Trinajstić information content (AvgIpc) is 2.55. The number of carbonyl (C=O) groups is 2. The van der Waals surface area contributed by atoms with E-state index in [1.54, 1.807) is 6.08 Å². The number of hydrogen-bond donors (Lipinski definition) is 1. The minimum atomic E-state index is -0.560. The Morgan fingerprint density at radius 3 is 2.28 bits per heavy atom. The predicted octanol–water partition coefficient (Wildman–Crippen LogP) is 4.57. The van der Waals surface area contributed by atoms with E-state index in [1.807, 2.05) is 57.2 Å². The molecule has 0 spiro atoms. The van der Waals surface area contributed by atoms with E-state index in [0.29, 0.717) is 0 Å². The first kappa shape index (κ1) is 18.9. The van der Waals surface area contributed by atoms with Gasteiger partial charge in [0, 0.05) is 16.2 Å². The summed E-state index contributed by atoms with van der Waals surface area (Å²) in [6.45, 7) is 5.55. The minimum Gasteiger partial charge on any atom is -0.452 e. The van der Waals surface area contributed by atoms with E-state index in [4.69, 9.17) is 4.74 Å². The third-order valence-electron chi connectivity index (χ3n) is 3.57. The number of hydrogen-bond acceptors (Lipinski definition) is 3. The van der Waals surface area contributed by atoms with Crippen LogP contribution in [0.4, 0.5) is 5.69 Å². The molecule has 0 aliphatic carbocycles. The van der Waals surface area contributed by atoms with Crippen LogP contribution >= 0.6 is 15.9 Å². The maximum atomic E-state index is 12.0. The van der Waals surface area contributed by atoms with Crippen molar-refractivity contribution in [1.29, 1.82) is 0 Å². The number of nitrogens with one attached hydrogen (secondary N) is 1. The highest BCUT2D eigenvalue weighted by Crippen LogP contribution is 2.21. The van der Waals surface area contributed by atoms with Crippen molar-refractivity contribution in [3.63, 3.8) is 0 Å². The van der Waals surface area contributed by atoms with Gasteiger partial charge in [-0.2, -0.15) is 0 Å². The molecule has 0 aromatic heterocycles. The highest BCUT2D eigenvalue weighted by Gasteiger charge is 2.10. The summed E-state index contributed by atoms with van der Waals surface area (Å²) < 4.78 is 5.94. The summed E-state index contributed by atoms with van der Waals surface area (Å²) in [7, 11) is 0. The second kappa shape index (κ2) is 8.62. The minimum absolute atomic E-state index is 0.323. The van der Waals surface area contributed by atoms with Crippen molar-refractivity contribution < 1.29 is 14.3 Å². The molecule has 4 nitrogen and oxygen atoms in total. The highest BCUT2D eigenvalue weighted by atomic mass is 79.9. The van der Waals surface area contributed by atoms with Crippen LogP contribution in [0.2, 0.25) is 0 Å². The third-order valence-corrected chi connectivity index (χ3v) is 4.10. The fraction of sp³-hybridized carbons (Fsp3) is 0.200. The number of amides is 1. The third kappa shape index (κ3) is 5.87. The number of esters is 1. The summed E-state index contributed by atoms with van der Waals surface area (Å²) in [6.07, 6.45) is 2.94. The molecule has 0 heterocycles. The number of benzene rings is 2.